The van der Waals surface area contributed by atoms with Gasteiger partial charge in [-0.25, -0.2) is 4.98 Å². The fourth-order valence-electron chi connectivity index (χ4n) is 1.76. The second kappa shape index (κ2) is 6.28. The first kappa shape index (κ1) is 14.2. The van der Waals surface area contributed by atoms with Crippen LogP contribution in [0.25, 0.3) is 0 Å². The Balaban J connectivity index is 2.19. The van der Waals surface area contributed by atoms with Crippen LogP contribution in [-0.2, 0) is 6.42 Å². The molecule has 5 nitrogen and oxygen atoms in total. The van der Waals surface area contributed by atoms with Gasteiger partial charge in [0.15, 0.2) is 0 Å². The Bertz CT molecular complexity index is 672. The fourth-order valence-corrected chi connectivity index (χ4v) is 2.55. The van der Waals surface area contributed by atoms with Crippen LogP contribution in [-0.4, -0.2) is 17.4 Å². The first-order valence-electron chi connectivity index (χ1n) is 6.11. The highest BCUT2D eigenvalue weighted by molar-refractivity contribution is 7.09. The highest BCUT2D eigenvalue weighted by Crippen LogP contribution is 2.19. The van der Waals surface area contributed by atoms with Crippen molar-refractivity contribution in [1.82, 2.24) is 4.98 Å². The average molecular weight is 286 g/mol. The van der Waals surface area contributed by atoms with E-state index >= 15 is 0 Å². The molecule has 0 bridgehead atoms. The molecular weight excluding hydrogens is 272 g/mol. The minimum Gasteiger partial charge on any atom is -0.330 e. The smallest absolute Gasteiger partial charge is 0.275 e. The standard InChI is InChI=1S/C14H14N4OS/c1-9-3-2-4-11(10(9)7-16)18-14(19)12-8-20-13(17-12)5-6-15/h2-4,8H,5-6,15H2,1H3,(H,18,19). The molecule has 6 heteroatoms. The number of hydrogen-bond acceptors (Lipinski definition) is 5. The first-order chi connectivity index (χ1) is 9.65. The fraction of sp³-hybridized carbons (Fsp3) is 0.214. The number of benzene rings is 1. The zero-order chi connectivity index (χ0) is 14.5. The lowest BCUT2D eigenvalue weighted by Gasteiger charge is -2.07. The number of aromatic nitrogens is 1. The maximum absolute atomic E-state index is 12.1. The number of amides is 1. The Morgan fingerprint density at radius 3 is 3.05 bits per heavy atom. The summed E-state index contributed by atoms with van der Waals surface area (Å²) in [5.41, 5.74) is 7.61. The molecule has 102 valence electrons. The van der Waals surface area contributed by atoms with E-state index in [0.29, 0.717) is 29.9 Å². The Morgan fingerprint density at radius 2 is 2.35 bits per heavy atom. The van der Waals surface area contributed by atoms with Crippen molar-refractivity contribution in [2.24, 2.45) is 5.73 Å². The minimum atomic E-state index is -0.313. The monoisotopic (exact) mass is 286 g/mol. The van der Waals surface area contributed by atoms with Crippen LogP contribution < -0.4 is 11.1 Å². The molecule has 0 saturated heterocycles. The molecular formula is C14H14N4OS. The van der Waals surface area contributed by atoms with Crippen molar-refractivity contribution >= 4 is 22.9 Å². The molecule has 3 N–H and O–H groups in total. The average Bonchev–Trinajstić information content (AvgIpc) is 2.88. The molecule has 0 unspecified atom stereocenters. The summed E-state index contributed by atoms with van der Waals surface area (Å²) in [7, 11) is 0. The van der Waals surface area contributed by atoms with E-state index in [-0.39, 0.29) is 5.91 Å². The molecule has 1 amide bonds. The zero-order valence-electron chi connectivity index (χ0n) is 11.0. The second-order valence-electron chi connectivity index (χ2n) is 4.23. The molecule has 1 heterocycles. The van der Waals surface area contributed by atoms with Gasteiger partial charge in [0.1, 0.15) is 11.8 Å². The van der Waals surface area contributed by atoms with Crippen molar-refractivity contribution in [2.45, 2.75) is 13.3 Å². The Morgan fingerprint density at radius 1 is 1.55 bits per heavy atom. The lowest BCUT2D eigenvalue weighted by Crippen LogP contribution is -2.14. The molecule has 1 aromatic heterocycles. The van der Waals surface area contributed by atoms with Crippen LogP contribution in [0.2, 0.25) is 0 Å². The van der Waals surface area contributed by atoms with E-state index in [9.17, 15) is 4.79 Å². The maximum atomic E-state index is 12.1. The van der Waals surface area contributed by atoms with Gasteiger partial charge in [-0.05, 0) is 25.1 Å². The number of nitrogens with two attached hydrogens (primary N) is 1. The van der Waals surface area contributed by atoms with E-state index < -0.39 is 0 Å². The molecule has 0 saturated carbocycles. The summed E-state index contributed by atoms with van der Waals surface area (Å²) in [5, 5.41) is 14.4. The minimum absolute atomic E-state index is 0.313. The van der Waals surface area contributed by atoms with Crippen molar-refractivity contribution in [2.75, 3.05) is 11.9 Å². The Labute approximate surface area is 121 Å². The SMILES string of the molecule is Cc1cccc(NC(=O)c2csc(CCN)n2)c1C#N. The van der Waals surface area contributed by atoms with Crippen LogP contribution in [0.4, 0.5) is 5.69 Å². The quantitative estimate of drug-likeness (QED) is 0.900. The predicted octanol–water partition coefficient (Wildman–Crippen LogP) is 2.08. The van der Waals surface area contributed by atoms with Gasteiger partial charge in [0, 0.05) is 11.8 Å². The van der Waals surface area contributed by atoms with E-state index in [2.05, 4.69) is 16.4 Å². The number of hydrogen-bond donors (Lipinski definition) is 2. The van der Waals surface area contributed by atoms with Crippen LogP contribution in [0.3, 0.4) is 0 Å². The van der Waals surface area contributed by atoms with E-state index in [0.717, 1.165) is 10.6 Å². The molecule has 2 rings (SSSR count). The van der Waals surface area contributed by atoms with Crippen LogP contribution in [0.1, 0.15) is 26.6 Å². The zero-order valence-corrected chi connectivity index (χ0v) is 11.8. The van der Waals surface area contributed by atoms with Crippen molar-refractivity contribution in [3.8, 4) is 6.07 Å². The summed E-state index contributed by atoms with van der Waals surface area (Å²) in [6.45, 7) is 2.33. The largest absolute Gasteiger partial charge is 0.330 e. The van der Waals surface area contributed by atoms with Gasteiger partial charge < -0.3 is 11.1 Å². The summed E-state index contributed by atoms with van der Waals surface area (Å²) < 4.78 is 0. The number of nitrogens with zero attached hydrogens (tertiary/aromatic N) is 2. The van der Waals surface area contributed by atoms with Crippen LogP contribution in [0, 0.1) is 18.3 Å². The molecule has 0 aliphatic carbocycles. The molecule has 1 aromatic carbocycles. The van der Waals surface area contributed by atoms with Crippen molar-refractivity contribution in [3.63, 3.8) is 0 Å². The van der Waals surface area contributed by atoms with Gasteiger partial charge in [0.2, 0.25) is 0 Å². The van der Waals surface area contributed by atoms with Gasteiger partial charge in [-0.3, -0.25) is 4.79 Å². The third-order valence-electron chi connectivity index (χ3n) is 2.78. The van der Waals surface area contributed by atoms with Crippen molar-refractivity contribution in [1.29, 1.82) is 5.26 Å². The Kier molecular flexibility index (Phi) is 4.45. The molecule has 0 atom stereocenters. The maximum Gasteiger partial charge on any atom is 0.275 e. The number of anilines is 1. The topological polar surface area (TPSA) is 91.8 Å². The van der Waals surface area contributed by atoms with Gasteiger partial charge in [0.05, 0.1) is 16.3 Å². The summed E-state index contributed by atoms with van der Waals surface area (Å²) in [5.74, 6) is -0.313. The van der Waals surface area contributed by atoms with Crippen LogP contribution in [0.15, 0.2) is 23.6 Å². The third-order valence-corrected chi connectivity index (χ3v) is 3.68. The summed E-state index contributed by atoms with van der Waals surface area (Å²) in [6, 6.07) is 7.43. The predicted molar refractivity (Wildman–Crippen MR) is 78.7 cm³/mol. The van der Waals surface area contributed by atoms with E-state index in [1.807, 2.05) is 13.0 Å². The van der Waals surface area contributed by atoms with Crippen molar-refractivity contribution in [3.05, 3.63) is 45.4 Å². The van der Waals surface area contributed by atoms with E-state index in [4.69, 9.17) is 11.0 Å². The normalized spacial score (nSPS) is 10.1. The van der Waals surface area contributed by atoms with Gasteiger partial charge in [0.25, 0.3) is 5.91 Å². The van der Waals surface area contributed by atoms with Gasteiger partial charge in [-0.15, -0.1) is 11.3 Å². The lowest BCUT2D eigenvalue weighted by atomic mass is 10.1. The highest BCUT2D eigenvalue weighted by Gasteiger charge is 2.13. The summed E-state index contributed by atoms with van der Waals surface area (Å²) in [4.78, 5) is 16.3. The molecule has 0 radical (unpaired) electrons. The first-order valence-corrected chi connectivity index (χ1v) is 6.99. The summed E-state index contributed by atoms with van der Waals surface area (Å²) in [6.07, 6.45) is 0.659. The second-order valence-corrected chi connectivity index (χ2v) is 5.17. The summed E-state index contributed by atoms with van der Waals surface area (Å²) >= 11 is 1.41. The highest BCUT2D eigenvalue weighted by atomic mass is 32.1. The Hall–Kier alpha value is -2.23. The lowest BCUT2D eigenvalue weighted by molar-refractivity contribution is 0.102. The number of nitrogens with one attached hydrogen (secondary N) is 1. The number of carbonyl (C=O) groups excluding carboxylic acids is 1. The third kappa shape index (κ3) is 3.02. The number of thiazole rings is 1. The van der Waals surface area contributed by atoms with Crippen molar-refractivity contribution < 1.29 is 4.79 Å². The molecule has 2 aromatic rings. The number of rotatable bonds is 4. The van der Waals surface area contributed by atoms with Gasteiger partial charge in [-0.2, -0.15) is 5.26 Å². The molecule has 20 heavy (non-hydrogen) atoms. The van der Waals surface area contributed by atoms with Crippen LogP contribution >= 0.6 is 11.3 Å². The van der Waals surface area contributed by atoms with E-state index in [1.165, 1.54) is 11.3 Å². The van der Waals surface area contributed by atoms with Gasteiger partial charge >= 0.3 is 0 Å². The molecule has 0 fully saturated rings. The van der Waals surface area contributed by atoms with E-state index in [1.54, 1.807) is 17.5 Å². The molecule has 0 spiro atoms. The number of nitriles is 1. The molecule has 0 aliphatic rings. The van der Waals surface area contributed by atoms with Gasteiger partial charge in [-0.1, -0.05) is 12.1 Å². The number of aryl methyl sites for hydroxylation is 1. The van der Waals surface area contributed by atoms with Crippen LogP contribution in [0.5, 0.6) is 0 Å². The number of carbonyl (C=O) groups is 1. The molecule has 0 aliphatic heterocycles.